The fourth-order valence-corrected chi connectivity index (χ4v) is 1.06. The van der Waals surface area contributed by atoms with Crippen molar-refractivity contribution in [2.45, 2.75) is 0 Å². The molecule has 0 N–H and O–H groups in total. The summed E-state index contributed by atoms with van der Waals surface area (Å²) in [5, 5.41) is 9.58. The van der Waals surface area contributed by atoms with Gasteiger partial charge in [-0.3, -0.25) is 10.1 Å². The van der Waals surface area contributed by atoms with Gasteiger partial charge in [-0.25, -0.2) is 13.2 Å². The molecule has 0 aliphatic rings. The molecule has 1 aromatic rings. The molecule has 13 heavy (non-hydrogen) atoms. The van der Waals surface area contributed by atoms with Gasteiger partial charge in [0.1, 0.15) is 0 Å². The summed E-state index contributed by atoms with van der Waals surface area (Å²) in [5.41, 5.74) is -0.804. The van der Waals surface area contributed by atoms with Gasteiger partial charge in [0.05, 0.1) is 16.3 Å². The van der Waals surface area contributed by atoms with Gasteiger partial charge in [-0.15, -0.1) is 0 Å². The van der Waals surface area contributed by atoms with E-state index in [1.54, 1.807) is 9.24 Å². The quantitative estimate of drug-likeness (QED) is 0.304. The van der Waals surface area contributed by atoms with E-state index in [0.717, 1.165) is 0 Å². The Labute approximate surface area is 72.9 Å². The maximum absolute atomic E-state index is 12.7. The minimum absolute atomic E-state index is 0.334. The van der Waals surface area contributed by atoms with Gasteiger partial charge in [0.25, 0.3) is 5.69 Å². The van der Waals surface area contributed by atoms with E-state index in [9.17, 15) is 23.3 Å². The zero-order valence-electron chi connectivity index (χ0n) is 6.05. The number of halogens is 3. The highest BCUT2D eigenvalue weighted by Gasteiger charge is 2.22. The van der Waals surface area contributed by atoms with Crippen LogP contribution in [-0.2, 0) is 0 Å². The third kappa shape index (κ3) is 1.62. The second-order valence-corrected chi connectivity index (χ2v) is 2.75. The Kier molecular flexibility index (Phi) is 2.52. The fraction of sp³-hybridized carbons (Fsp3) is 0. The second-order valence-electron chi connectivity index (χ2n) is 2.18. The molecule has 0 fully saturated rings. The van der Waals surface area contributed by atoms with Crippen molar-refractivity contribution in [1.82, 2.24) is 0 Å². The lowest BCUT2D eigenvalue weighted by atomic mass is 10.3. The highest BCUT2D eigenvalue weighted by Crippen LogP contribution is 2.19. The number of hydrogen-bond acceptors (Lipinski definition) is 2. The molecule has 0 radical (unpaired) electrons. The fourth-order valence-electron chi connectivity index (χ4n) is 0.748. The summed E-state index contributed by atoms with van der Waals surface area (Å²) in [7, 11) is 1.65. The number of nitro benzene ring substituents is 1. The standard InChI is InChI=1S/C6H3F3NO2P/c7-2-1-3(10(11)12)6(13)5(9)4(2)8/h1H,13H2. The third-order valence-electron chi connectivity index (χ3n) is 1.37. The lowest BCUT2D eigenvalue weighted by Crippen LogP contribution is -2.10. The van der Waals surface area contributed by atoms with E-state index in [4.69, 9.17) is 0 Å². The summed E-state index contributed by atoms with van der Waals surface area (Å²) >= 11 is 0. The predicted octanol–water partition coefficient (Wildman–Crippen LogP) is 1.51. The molecular weight excluding hydrogens is 206 g/mol. The third-order valence-corrected chi connectivity index (χ3v) is 1.92. The first-order valence-electron chi connectivity index (χ1n) is 3.02. The maximum atomic E-state index is 12.7. The van der Waals surface area contributed by atoms with Crippen molar-refractivity contribution in [1.29, 1.82) is 0 Å². The summed E-state index contributed by atoms with van der Waals surface area (Å²) in [6.45, 7) is 0. The van der Waals surface area contributed by atoms with Crippen molar-refractivity contribution >= 4 is 20.2 Å². The highest BCUT2D eigenvalue weighted by atomic mass is 31.0. The molecule has 0 heterocycles. The molecule has 1 rings (SSSR count). The Balaban J connectivity index is 3.50. The summed E-state index contributed by atoms with van der Waals surface area (Å²) in [4.78, 5) is 9.18. The summed E-state index contributed by atoms with van der Waals surface area (Å²) in [6, 6.07) is 0.334. The van der Waals surface area contributed by atoms with Gasteiger partial charge < -0.3 is 0 Å². The zero-order chi connectivity index (χ0) is 10.2. The van der Waals surface area contributed by atoms with Crippen LogP contribution in [0.5, 0.6) is 0 Å². The summed E-state index contributed by atoms with van der Waals surface area (Å²) in [5.74, 6) is -4.84. The lowest BCUT2D eigenvalue weighted by Gasteiger charge is -2.00. The Hall–Kier alpha value is -1.16. The molecule has 0 spiro atoms. The first kappa shape index (κ1) is 9.92. The molecule has 1 atom stereocenters. The van der Waals surface area contributed by atoms with Gasteiger partial charge >= 0.3 is 0 Å². The van der Waals surface area contributed by atoms with E-state index in [0.29, 0.717) is 6.07 Å². The van der Waals surface area contributed by atoms with Crippen LogP contribution in [0.4, 0.5) is 18.9 Å². The Morgan fingerprint density at radius 1 is 1.31 bits per heavy atom. The van der Waals surface area contributed by atoms with E-state index in [1.807, 2.05) is 0 Å². The molecular formula is C6H3F3NO2P. The van der Waals surface area contributed by atoms with Crippen LogP contribution >= 0.6 is 9.24 Å². The molecule has 1 aromatic carbocycles. The molecule has 0 aliphatic heterocycles. The molecule has 1 unspecified atom stereocenters. The Morgan fingerprint density at radius 3 is 2.31 bits per heavy atom. The number of hydrogen-bond donors (Lipinski definition) is 0. The normalized spacial score (nSPS) is 10.2. The SMILES string of the molecule is O=[N+]([O-])c1cc(F)c(F)c(F)c1P. The van der Waals surface area contributed by atoms with Gasteiger partial charge in [-0.2, -0.15) is 0 Å². The zero-order valence-corrected chi connectivity index (χ0v) is 7.21. The minimum Gasteiger partial charge on any atom is -0.258 e. The second kappa shape index (κ2) is 3.30. The monoisotopic (exact) mass is 209 g/mol. The van der Waals surface area contributed by atoms with Crippen LogP contribution in [-0.4, -0.2) is 4.92 Å². The molecule has 0 amide bonds. The minimum atomic E-state index is -1.71. The van der Waals surface area contributed by atoms with Gasteiger partial charge in [0, 0.05) is 0 Å². The number of nitrogens with zero attached hydrogens (tertiary/aromatic N) is 1. The van der Waals surface area contributed by atoms with Crippen LogP contribution in [0, 0.1) is 27.6 Å². The van der Waals surface area contributed by atoms with E-state index in [1.165, 1.54) is 0 Å². The topological polar surface area (TPSA) is 43.1 Å². The first-order chi connectivity index (χ1) is 5.95. The van der Waals surface area contributed by atoms with Crippen LogP contribution in [0.3, 0.4) is 0 Å². The largest absolute Gasteiger partial charge is 0.282 e. The summed E-state index contributed by atoms with van der Waals surface area (Å²) < 4.78 is 37.6. The maximum Gasteiger partial charge on any atom is 0.282 e. The van der Waals surface area contributed by atoms with Gasteiger partial charge in [0.2, 0.25) is 0 Å². The predicted molar refractivity (Wildman–Crippen MR) is 42.3 cm³/mol. The van der Waals surface area contributed by atoms with Crippen molar-refractivity contribution in [2.75, 3.05) is 0 Å². The van der Waals surface area contributed by atoms with Crippen LogP contribution < -0.4 is 5.30 Å². The number of benzene rings is 1. The van der Waals surface area contributed by atoms with Crippen LogP contribution in [0.25, 0.3) is 0 Å². The summed E-state index contributed by atoms with van der Waals surface area (Å²) in [6.07, 6.45) is 0. The highest BCUT2D eigenvalue weighted by molar-refractivity contribution is 7.28. The molecule has 0 saturated heterocycles. The van der Waals surface area contributed by atoms with Crippen LogP contribution in [0.1, 0.15) is 0 Å². The Bertz CT molecular complexity index is 383. The van der Waals surface area contributed by atoms with Crippen molar-refractivity contribution in [3.05, 3.63) is 33.6 Å². The van der Waals surface area contributed by atoms with Gasteiger partial charge in [0.15, 0.2) is 17.5 Å². The van der Waals surface area contributed by atoms with Gasteiger partial charge in [-0.1, -0.05) is 9.24 Å². The van der Waals surface area contributed by atoms with E-state index in [-0.39, 0.29) is 0 Å². The Morgan fingerprint density at radius 2 is 1.85 bits per heavy atom. The molecule has 7 heteroatoms. The smallest absolute Gasteiger partial charge is 0.258 e. The molecule has 0 aromatic heterocycles. The van der Waals surface area contributed by atoms with Crippen molar-refractivity contribution in [2.24, 2.45) is 0 Å². The van der Waals surface area contributed by atoms with E-state index >= 15 is 0 Å². The molecule has 0 bridgehead atoms. The van der Waals surface area contributed by atoms with E-state index in [2.05, 4.69) is 0 Å². The van der Waals surface area contributed by atoms with Crippen LogP contribution in [0.2, 0.25) is 0 Å². The molecule has 3 nitrogen and oxygen atoms in total. The van der Waals surface area contributed by atoms with Gasteiger partial charge in [-0.05, 0) is 0 Å². The van der Waals surface area contributed by atoms with Crippen molar-refractivity contribution < 1.29 is 18.1 Å². The van der Waals surface area contributed by atoms with E-state index < -0.39 is 33.4 Å². The number of rotatable bonds is 1. The van der Waals surface area contributed by atoms with Crippen molar-refractivity contribution in [3.8, 4) is 0 Å². The van der Waals surface area contributed by atoms with Crippen molar-refractivity contribution in [3.63, 3.8) is 0 Å². The van der Waals surface area contributed by atoms with Crippen LogP contribution in [0.15, 0.2) is 6.07 Å². The lowest BCUT2D eigenvalue weighted by molar-refractivity contribution is -0.383. The average molecular weight is 209 g/mol. The molecule has 0 aliphatic carbocycles. The molecule has 70 valence electrons. The first-order valence-corrected chi connectivity index (χ1v) is 3.60. The number of nitro groups is 1. The molecule has 0 saturated carbocycles. The average Bonchev–Trinajstić information content (AvgIpc) is 2.07.